The Morgan fingerprint density at radius 1 is 1.17 bits per heavy atom. The molecule has 23 heavy (non-hydrogen) atoms. The number of halogens is 1. The number of ketones is 1. The van der Waals surface area contributed by atoms with E-state index < -0.39 is 0 Å². The molecule has 0 aliphatic heterocycles. The standard InChI is InChI=1S/C19H20ClNO2/c1-19(2,12-14-8-10-15(23-3)11-9-14)21-13-18(22)16-6-4-5-7-17(16)20/h4-11,13H,12H2,1-3H3. The number of benzene rings is 2. The molecule has 120 valence electrons. The van der Waals surface area contributed by atoms with Crippen molar-refractivity contribution < 1.29 is 9.53 Å². The lowest BCUT2D eigenvalue weighted by molar-refractivity contribution is 0.107. The predicted molar refractivity (Wildman–Crippen MR) is 95.1 cm³/mol. The second-order valence-electron chi connectivity index (χ2n) is 5.94. The van der Waals surface area contributed by atoms with Gasteiger partial charge in [-0.15, -0.1) is 0 Å². The molecule has 0 bridgehead atoms. The topological polar surface area (TPSA) is 38.7 Å². The molecule has 0 atom stereocenters. The zero-order valence-corrected chi connectivity index (χ0v) is 14.3. The number of hydrogen-bond donors (Lipinski definition) is 0. The Morgan fingerprint density at radius 2 is 1.83 bits per heavy atom. The monoisotopic (exact) mass is 329 g/mol. The van der Waals surface area contributed by atoms with Crippen LogP contribution in [0.15, 0.2) is 53.5 Å². The van der Waals surface area contributed by atoms with Crippen LogP contribution in [0.5, 0.6) is 5.75 Å². The van der Waals surface area contributed by atoms with Gasteiger partial charge >= 0.3 is 0 Å². The summed E-state index contributed by atoms with van der Waals surface area (Å²) in [6.07, 6.45) is 2.09. The average molecular weight is 330 g/mol. The summed E-state index contributed by atoms with van der Waals surface area (Å²) in [7, 11) is 1.64. The van der Waals surface area contributed by atoms with Crippen LogP contribution in [-0.4, -0.2) is 24.6 Å². The van der Waals surface area contributed by atoms with E-state index in [1.807, 2.05) is 38.1 Å². The first-order valence-electron chi connectivity index (χ1n) is 7.38. The van der Waals surface area contributed by atoms with Crippen molar-refractivity contribution in [2.75, 3.05) is 7.11 Å². The van der Waals surface area contributed by atoms with Gasteiger partial charge in [0, 0.05) is 5.56 Å². The number of carbonyl (C=O) groups is 1. The summed E-state index contributed by atoms with van der Waals surface area (Å²) >= 11 is 6.03. The Balaban J connectivity index is 2.07. The summed E-state index contributed by atoms with van der Waals surface area (Å²) in [4.78, 5) is 16.6. The maximum absolute atomic E-state index is 12.2. The quantitative estimate of drug-likeness (QED) is 0.572. The van der Waals surface area contributed by atoms with E-state index >= 15 is 0 Å². The van der Waals surface area contributed by atoms with E-state index in [9.17, 15) is 4.79 Å². The van der Waals surface area contributed by atoms with E-state index in [0.717, 1.165) is 17.7 Å². The van der Waals surface area contributed by atoms with Crippen LogP contribution in [0.1, 0.15) is 29.8 Å². The van der Waals surface area contributed by atoms with E-state index in [1.165, 1.54) is 6.21 Å². The second kappa shape index (κ2) is 7.42. The van der Waals surface area contributed by atoms with E-state index in [2.05, 4.69) is 4.99 Å². The van der Waals surface area contributed by atoms with Crippen molar-refractivity contribution in [3.8, 4) is 5.75 Å². The first kappa shape index (κ1) is 17.2. The van der Waals surface area contributed by atoms with Crippen molar-refractivity contribution in [1.29, 1.82) is 0 Å². The Hall–Kier alpha value is -2.13. The molecule has 0 aromatic heterocycles. The SMILES string of the molecule is COc1ccc(CC(C)(C)N=CC(=O)c2ccccc2Cl)cc1. The number of hydrogen-bond acceptors (Lipinski definition) is 3. The molecule has 0 fully saturated rings. The number of Topliss-reactive ketones (excluding diaryl/α,β-unsaturated/α-hetero) is 1. The molecule has 0 amide bonds. The third kappa shape index (κ3) is 4.93. The second-order valence-corrected chi connectivity index (χ2v) is 6.35. The highest BCUT2D eigenvalue weighted by Crippen LogP contribution is 2.20. The highest BCUT2D eigenvalue weighted by atomic mass is 35.5. The minimum absolute atomic E-state index is 0.182. The Kier molecular flexibility index (Phi) is 5.56. The molecule has 2 aromatic carbocycles. The molecule has 0 saturated carbocycles. The van der Waals surface area contributed by atoms with Crippen molar-refractivity contribution in [3.63, 3.8) is 0 Å². The number of nitrogens with zero attached hydrogens (tertiary/aromatic N) is 1. The Labute approximate surface area is 142 Å². The molecule has 3 nitrogen and oxygen atoms in total. The van der Waals surface area contributed by atoms with Gasteiger partial charge in [0.1, 0.15) is 5.75 Å². The van der Waals surface area contributed by atoms with Crippen LogP contribution in [0, 0.1) is 0 Å². The van der Waals surface area contributed by atoms with Crippen molar-refractivity contribution in [2.45, 2.75) is 25.8 Å². The van der Waals surface area contributed by atoms with Gasteiger partial charge in [-0.3, -0.25) is 9.79 Å². The van der Waals surface area contributed by atoms with Crippen LogP contribution in [0.4, 0.5) is 0 Å². The van der Waals surface area contributed by atoms with Crippen molar-refractivity contribution in [3.05, 3.63) is 64.7 Å². The van der Waals surface area contributed by atoms with E-state index in [0.29, 0.717) is 10.6 Å². The molecule has 0 saturated heterocycles. The van der Waals surface area contributed by atoms with E-state index in [1.54, 1.807) is 31.4 Å². The number of rotatable bonds is 6. The van der Waals surface area contributed by atoms with Crippen LogP contribution in [0.2, 0.25) is 5.02 Å². The molecule has 0 radical (unpaired) electrons. The van der Waals surface area contributed by atoms with Gasteiger partial charge in [0.25, 0.3) is 0 Å². The van der Waals surface area contributed by atoms with E-state index in [4.69, 9.17) is 16.3 Å². The summed E-state index contributed by atoms with van der Waals surface area (Å²) in [6.45, 7) is 3.99. The summed E-state index contributed by atoms with van der Waals surface area (Å²) in [6, 6.07) is 14.8. The Bertz CT molecular complexity index is 706. The van der Waals surface area contributed by atoms with Crippen molar-refractivity contribution >= 4 is 23.6 Å². The molecule has 0 heterocycles. The van der Waals surface area contributed by atoms with Gasteiger partial charge in [-0.1, -0.05) is 35.9 Å². The van der Waals surface area contributed by atoms with Crippen LogP contribution < -0.4 is 4.74 Å². The molecule has 0 aliphatic carbocycles. The first-order chi connectivity index (χ1) is 10.9. The highest BCUT2D eigenvalue weighted by molar-refractivity contribution is 6.42. The van der Waals surface area contributed by atoms with E-state index in [-0.39, 0.29) is 11.3 Å². The fraction of sp³-hybridized carbons (Fsp3) is 0.263. The maximum Gasteiger partial charge on any atom is 0.205 e. The first-order valence-corrected chi connectivity index (χ1v) is 7.76. The van der Waals surface area contributed by atoms with Crippen molar-refractivity contribution in [2.24, 2.45) is 4.99 Å². The molecule has 0 unspecified atom stereocenters. The van der Waals surface area contributed by atoms with Gasteiger partial charge in [-0.2, -0.15) is 0 Å². The number of methoxy groups -OCH3 is 1. The zero-order valence-electron chi connectivity index (χ0n) is 13.5. The van der Waals surface area contributed by atoms with Gasteiger partial charge in [0.15, 0.2) is 0 Å². The molecular formula is C19H20ClNO2. The fourth-order valence-electron chi connectivity index (χ4n) is 2.25. The minimum atomic E-state index is -0.383. The van der Waals surface area contributed by atoms with Gasteiger partial charge in [0.05, 0.1) is 23.9 Å². The van der Waals surface area contributed by atoms with Crippen LogP contribution >= 0.6 is 11.6 Å². The largest absolute Gasteiger partial charge is 0.497 e. The maximum atomic E-state index is 12.2. The van der Waals surface area contributed by atoms with Crippen LogP contribution in [0.25, 0.3) is 0 Å². The third-order valence-corrected chi connectivity index (χ3v) is 3.80. The van der Waals surface area contributed by atoms with Crippen LogP contribution in [0.3, 0.4) is 0 Å². The smallest absolute Gasteiger partial charge is 0.205 e. The molecule has 2 aromatic rings. The molecular weight excluding hydrogens is 310 g/mol. The molecule has 4 heteroatoms. The van der Waals surface area contributed by atoms with Gasteiger partial charge in [-0.05, 0) is 50.1 Å². The predicted octanol–water partition coefficient (Wildman–Crippen LogP) is 4.62. The molecule has 0 aliphatic rings. The average Bonchev–Trinajstić information content (AvgIpc) is 2.53. The lowest BCUT2D eigenvalue weighted by Gasteiger charge is -2.19. The minimum Gasteiger partial charge on any atom is -0.497 e. The van der Waals surface area contributed by atoms with Gasteiger partial charge < -0.3 is 4.74 Å². The van der Waals surface area contributed by atoms with Gasteiger partial charge in [-0.25, -0.2) is 0 Å². The summed E-state index contributed by atoms with van der Waals surface area (Å²) in [5.41, 5.74) is 1.22. The summed E-state index contributed by atoms with van der Waals surface area (Å²) in [5, 5.41) is 0.442. The number of ether oxygens (including phenoxy) is 1. The summed E-state index contributed by atoms with van der Waals surface area (Å²) in [5.74, 6) is 0.641. The van der Waals surface area contributed by atoms with Crippen LogP contribution in [-0.2, 0) is 6.42 Å². The normalized spacial score (nSPS) is 11.7. The lowest BCUT2D eigenvalue weighted by atomic mass is 9.95. The molecule has 0 N–H and O–H groups in total. The molecule has 2 rings (SSSR count). The number of aliphatic imine (C=N–C) groups is 1. The summed E-state index contributed by atoms with van der Waals surface area (Å²) < 4.78 is 5.15. The number of carbonyl (C=O) groups excluding carboxylic acids is 1. The zero-order chi connectivity index (χ0) is 16.9. The fourth-order valence-corrected chi connectivity index (χ4v) is 2.48. The highest BCUT2D eigenvalue weighted by Gasteiger charge is 2.17. The van der Waals surface area contributed by atoms with Crippen molar-refractivity contribution in [1.82, 2.24) is 0 Å². The third-order valence-electron chi connectivity index (χ3n) is 3.47. The lowest BCUT2D eigenvalue weighted by Crippen LogP contribution is -2.21. The Morgan fingerprint density at radius 3 is 2.43 bits per heavy atom. The van der Waals surface area contributed by atoms with Gasteiger partial charge in [0.2, 0.25) is 5.78 Å². The molecule has 0 spiro atoms.